The van der Waals surface area contributed by atoms with E-state index >= 15 is 0 Å². The van der Waals surface area contributed by atoms with E-state index in [0.717, 1.165) is 29.5 Å². The lowest BCUT2D eigenvalue weighted by atomic mass is 10.2. The van der Waals surface area contributed by atoms with Crippen molar-refractivity contribution in [3.63, 3.8) is 0 Å². The first kappa shape index (κ1) is 18.0. The molecule has 2 atom stereocenters. The van der Waals surface area contributed by atoms with Crippen LogP contribution < -0.4 is 10.1 Å². The second kappa shape index (κ2) is 8.49. The number of carboxylic acid groups (broad SMARTS) is 1. The Morgan fingerprint density at radius 3 is 2.79 bits per heavy atom. The Bertz CT molecular complexity index is 658. The van der Waals surface area contributed by atoms with E-state index < -0.39 is 11.2 Å². The van der Waals surface area contributed by atoms with Gasteiger partial charge in [0.15, 0.2) is 5.17 Å². The van der Waals surface area contributed by atoms with E-state index in [9.17, 15) is 9.59 Å². The predicted octanol–water partition coefficient (Wildman–Crippen LogP) is 2.26. The summed E-state index contributed by atoms with van der Waals surface area (Å²) in [6, 6.07) is 7.43. The molecule has 1 fully saturated rings. The molecule has 2 N–H and O–H groups in total. The van der Waals surface area contributed by atoms with E-state index in [0.29, 0.717) is 5.17 Å². The van der Waals surface area contributed by atoms with Gasteiger partial charge in [-0.2, -0.15) is 5.10 Å². The summed E-state index contributed by atoms with van der Waals surface area (Å²) in [6.45, 7) is 4.07. The molecule has 7 nitrogen and oxygen atoms in total. The topological polar surface area (TPSA) is 100 Å². The number of rotatable bonds is 7. The summed E-state index contributed by atoms with van der Waals surface area (Å²) >= 11 is 1.07. The molecule has 0 bridgehead atoms. The maximum absolute atomic E-state index is 11.6. The van der Waals surface area contributed by atoms with E-state index in [2.05, 4.69) is 22.4 Å². The lowest BCUT2D eigenvalue weighted by Crippen LogP contribution is -2.26. The molecule has 8 heteroatoms. The normalized spacial score (nSPS) is 20.3. The summed E-state index contributed by atoms with van der Waals surface area (Å²) in [7, 11) is 0. The second-order valence-corrected chi connectivity index (χ2v) is 6.44. The van der Waals surface area contributed by atoms with Gasteiger partial charge in [-0.3, -0.25) is 9.59 Å². The van der Waals surface area contributed by atoms with E-state index in [4.69, 9.17) is 9.84 Å². The third kappa shape index (κ3) is 5.38. The minimum absolute atomic E-state index is 0.165. The van der Waals surface area contributed by atoms with Crippen molar-refractivity contribution in [2.45, 2.75) is 38.0 Å². The number of hydrogen-bond acceptors (Lipinski definition) is 6. The first-order valence-electron chi connectivity index (χ1n) is 7.55. The van der Waals surface area contributed by atoms with Crippen LogP contribution in [0.1, 0.15) is 32.3 Å². The first-order valence-corrected chi connectivity index (χ1v) is 8.43. The Balaban J connectivity index is 1.92. The molecule has 0 aromatic heterocycles. The number of carboxylic acids is 1. The molecule has 128 valence electrons. The third-order valence-corrected chi connectivity index (χ3v) is 4.36. The van der Waals surface area contributed by atoms with Crippen molar-refractivity contribution in [3.8, 4) is 5.75 Å². The van der Waals surface area contributed by atoms with E-state index in [1.165, 1.54) is 0 Å². The number of amides is 1. The van der Waals surface area contributed by atoms with Crippen molar-refractivity contribution >= 4 is 35.0 Å². The van der Waals surface area contributed by atoms with Crippen molar-refractivity contribution in [1.82, 2.24) is 5.32 Å². The molecule has 0 aliphatic carbocycles. The van der Waals surface area contributed by atoms with Crippen LogP contribution in [-0.2, 0) is 9.59 Å². The summed E-state index contributed by atoms with van der Waals surface area (Å²) in [5.41, 5.74) is 0.840. The van der Waals surface area contributed by atoms with Crippen LogP contribution in [0.4, 0.5) is 0 Å². The van der Waals surface area contributed by atoms with Crippen LogP contribution in [0.15, 0.2) is 34.5 Å². The Morgan fingerprint density at radius 2 is 2.17 bits per heavy atom. The summed E-state index contributed by atoms with van der Waals surface area (Å²) in [4.78, 5) is 22.2. The Hall–Kier alpha value is -2.35. The molecule has 2 unspecified atom stereocenters. The quantitative estimate of drug-likeness (QED) is 0.581. The number of benzene rings is 1. The number of carbonyl (C=O) groups is 2. The summed E-state index contributed by atoms with van der Waals surface area (Å²) in [5, 5.41) is 18.7. The average molecular weight is 349 g/mol. The fourth-order valence-corrected chi connectivity index (χ4v) is 2.76. The number of carbonyl (C=O) groups excluding carboxylic acids is 1. The maximum Gasteiger partial charge on any atom is 0.305 e. The summed E-state index contributed by atoms with van der Waals surface area (Å²) < 4.78 is 5.69. The standard InChI is InChI=1S/C16H19N3O4S/c1-3-10(2)23-12-6-4-11(5-7-12)9-17-19-16-18-15(22)13(24-16)8-14(20)21/h4-7,9-10,13H,3,8H2,1-2H3,(H,20,21)(H,18,19,22). The summed E-state index contributed by atoms with van der Waals surface area (Å²) in [5.74, 6) is -0.585. The van der Waals surface area contributed by atoms with E-state index in [1.54, 1.807) is 6.21 Å². The molecular weight excluding hydrogens is 330 g/mol. The van der Waals surface area contributed by atoms with Gasteiger partial charge in [-0.1, -0.05) is 18.7 Å². The number of hydrogen-bond donors (Lipinski definition) is 2. The van der Waals surface area contributed by atoms with Crippen LogP contribution in [0.5, 0.6) is 5.75 Å². The molecule has 2 rings (SSSR count). The zero-order valence-electron chi connectivity index (χ0n) is 13.4. The van der Waals surface area contributed by atoms with Gasteiger partial charge in [0.25, 0.3) is 0 Å². The van der Waals surface area contributed by atoms with Gasteiger partial charge in [-0.05, 0) is 43.2 Å². The minimum atomic E-state index is -1.02. The highest BCUT2D eigenvalue weighted by Crippen LogP contribution is 2.22. The molecule has 1 aromatic rings. The molecule has 1 saturated heterocycles. The van der Waals surface area contributed by atoms with Crippen LogP contribution >= 0.6 is 11.8 Å². The van der Waals surface area contributed by atoms with Crippen molar-refractivity contribution < 1.29 is 19.4 Å². The van der Waals surface area contributed by atoms with Crippen LogP contribution in [0, 0.1) is 0 Å². The highest BCUT2D eigenvalue weighted by molar-refractivity contribution is 8.15. The van der Waals surface area contributed by atoms with Crippen molar-refractivity contribution in [1.29, 1.82) is 0 Å². The number of thioether (sulfide) groups is 1. The number of amidine groups is 1. The molecular formula is C16H19N3O4S. The number of ether oxygens (including phenoxy) is 1. The predicted molar refractivity (Wildman–Crippen MR) is 93.6 cm³/mol. The lowest BCUT2D eigenvalue weighted by molar-refractivity contribution is -0.138. The average Bonchev–Trinajstić information content (AvgIpc) is 2.88. The fourth-order valence-electron chi connectivity index (χ4n) is 1.84. The number of aliphatic carboxylic acids is 1. The third-order valence-electron chi connectivity index (χ3n) is 3.28. The Kier molecular flexibility index (Phi) is 6.36. The Labute approximate surface area is 144 Å². The molecule has 24 heavy (non-hydrogen) atoms. The monoisotopic (exact) mass is 349 g/mol. The van der Waals surface area contributed by atoms with Crippen molar-refractivity contribution in [3.05, 3.63) is 29.8 Å². The molecule has 0 spiro atoms. The second-order valence-electron chi connectivity index (χ2n) is 5.25. The van der Waals surface area contributed by atoms with Gasteiger partial charge in [-0.15, -0.1) is 5.10 Å². The lowest BCUT2D eigenvalue weighted by Gasteiger charge is -2.12. The van der Waals surface area contributed by atoms with Gasteiger partial charge >= 0.3 is 5.97 Å². The van der Waals surface area contributed by atoms with Gasteiger partial charge in [0.2, 0.25) is 5.91 Å². The zero-order chi connectivity index (χ0) is 17.5. The Morgan fingerprint density at radius 1 is 1.46 bits per heavy atom. The molecule has 1 amide bonds. The van der Waals surface area contributed by atoms with Gasteiger partial charge in [0.1, 0.15) is 11.0 Å². The SMILES string of the molecule is CCC(C)Oc1ccc(C=NN=C2NC(=O)C(CC(=O)O)S2)cc1. The smallest absolute Gasteiger partial charge is 0.305 e. The van der Waals surface area contributed by atoms with E-state index in [-0.39, 0.29) is 18.4 Å². The van der Waals surface area contributed by atoms with Gasteiger partial charge in [-0.25, -0.2) is 0 Å². The van der Waals surface area contributed by atoms with Crippen molar-refractivity contribution in [2.24, 2.45) is 10.2 Å². The van der Waals surface area contributed by atoms with Crippen molar-refractivity contribution in [2.75, 3.05) is 0 Å². The van der Waals surface area contributed by atoms with E-state index in [1.807, 2.05) is 31.2 Å². The number of nitrogens with one attached hydrogen (secondary N) is 1. The number of nitrogens with zero attached hydrogens (tertiary/aromatic N) is 2. The van der Waals surface area contributed by atoms with Crippen LogP contribution in [-0.4, -0.2) is 39.7 Å². The highest BCUT2D eigenvalue weighted by Gasteiger charge is 2.32. The molecule has 0 saturated carbocycles. The van der Waals surface area contributed by atoms with Crippen LogP contribution in [0.3, 0.4) is 0 Å². The minimum Gasteiger partial charge on any atom is -0.491 e. The summed E-state index contributed by atoms with van der Waals surface area (Å²) in [6.07, 6.45) is 2.42. The molecule has 1 aliphatic heterocycles. The molecule has 1 aromatic carbocycles. The zero-order valence-corrected chi connectivity index (χ0v) is 14.2. The van der Waals surface area contributed by atoms with Gasteiger partial charge < -0.3 is 15.2 Å². The van der Waals surface area contributed by atoms with Crippen LogP contribution in [0.2, 0.25) is 0 Å². The highest BCUT2D eigenvalue weighted by atomic mass is 32.2. The van der Waals surface area contributed by atoms with Gasteiger partial charge in [0.05, 0.1) is 18.7 Å². The molecule has 0 radical (unpaired) electrons. The van der Waals surface area contributed by atoms with Gasteiger partial charge in [0, 0.05) is 0 Å². The maximum atomic E-state index is 11.6. The molecule has 1 heterocycles. The largest absolute Gasteiger partial charge is 0.491 e. The molecule has 1 aliphatic rings. The fraction of sp³-hybridized carbons (Fsp3) is 0.375. The first-order chi connectivity index (χ1) is 11.5. The van der Waals surface area contributed by atoms with Crippen LogP contribution in [0.25, 0.3) is 0 Å².